The standard InChI is InChI=1S/C23H28N2O3S/c1-15(2)13-25-18-11-10-16(12-19(18)28-14-23(3,4)22(25)27)24-21(26)17-8-6-7-9-20(17)29-5/h6-12,15H,13-14H2,1-5H3,(H,24,26). The number of hydrogen-bond donors (Lipinski definition) is 1. The lowest BCUT2D eigenvalue weighted by Crippen LogP contribution is -2.43. The summed E-state index contributed by atoms with van der Waals surface area (Å²) in [6.45, 7) is 8.88. The molecule has 2 amide bonds. The Labute approximate surface area is 176 Å². The molecule has 0 spiro atoms. The summed E-state index contributed by atoms with van der Waals surface area (Å²) in [5, 5.41) is 2.96. The van der Waals surface area contributed by atoms with Gasteiger partial charge in [-0.15, -0.1) is 11.8 Å². The number of fused-ring (bicyclic) bond motifs is 1. The number of nitrogens with zero attached hydrogens (tertiary/aromatic N) is 1. The molecule has 0 unspecified atom stereocenters. The van der Waals surface area contributed by atoms with E-state index in [2.05, 4.69) is 19.2 Å². The molecule has 0 saturated heterocycles. The van der Waals surface area contributed by atoms with Crippen molar-refractivity contribution in [3.8, 4) is 5.75 Å². The van der Waals surface area contributed by atoms with Crippen molar-refractivity contribution >= 4 is 35.0 Å². The van der Waals surface area contributed by atoms with Gasteiger partial charge in [-0.2, -0.15) is 0 Å². The largest absolute Gasteiger partial charge is 0.490 e. The Balaban J connectivity index is 1.91. The van der Waals surface area contributed by atoms with Gasteiger partial charge in [0, 0.05) is 23.2 Å². The van der Waals surface area contributed by atoms with E-state index in [1.165, 1.54) is 11.8 Å². The van der Waals surface area contributed by atoms with Gasteiger partial charge in [0.05, 0.1) is 16.7 Å². The third kappa shape index (κ3) is 4.58. The van der Waals surface area contributed by atoms with Gasteiger partial charge in [-0.25, -0.2) is 0 Å². The lowest BCUT2D eigenvalue weighted by Gasteiger charge is -2.29. The maximum absolute atomic E-state index is 13.1. The van der Waals surface area contributed by atoms with E-state index in [1.807, 2.05) is 61.4 Å². The summed E-state index contributed by atoms with van der Waals surface area (Å²) in [7, 11) is 0. The molecule has 2 aromatic rings. The van der Waals surface area contributed by atoms with Crippen LogP contribution >= 0.6 is 11.8 Å². The van der Waals surface area contributed by atoms with Gasteiger partial charge >= 0.3 is 0 Å². The fourth-order valence-electron chi connectivity index (χ4n) is 3.30. The predicted octanol–water partition coefficient (Wildman–Crippen LogP) is 5.07. The van der Waals surface area contributed by atoms with Crippen molar-refractivity contribution in [3.05, 3.63) is 48.0 Å². The van der Waals surface area contributed by atoms with Gasteiger partial charge in [0.2, 0.25) is 5.91 Å². The first kappa shape index (κ1) is 21.2. The monoisotopic (exact) mass is 412 g/mol. The number of benzene rings is 2. The lowest BCUT2D eigenvalue weighted by molar-refractivity contribution is -0.127. The van der Waals surface area contributed by atoms with Crippen LogP contribution in [0.15, 0.2) is 47.4 Å². The van der Waals surface area contributed by atoms with Gasteiger partial charge in [0.25, 0.3) is 5.91 Å². The van der Waals surface area contributed by atoms with Crippen molar-refractivity contribution in [3.63, 3.8) is 0 Å². The van der Waals surface area contributed by atoms with Crippen molar-refractivity contribution in [2.45, 2.75) is 32.6 Å². The minimum absolute atomic E-state index is 0.0515. The molecule has 1 aliphatic heterocycles. The molecule has 29 heavy (non-hydrogen) atoms. The van der Waals surface area contributed by atoms with Crippen molar-refractivity contribution < 1.29 is 14.3 Å². The molecule has 1 aliphatic rings. The SMILES string of the molecule is CSc1ccccc1C(=O)Nc1ccc2c(c1)OCC(C)(C)C(=O)N2CC(C)C. The molecule has 0 radical (unpaired) electrons. The Bertz CT molecular complexity index is 924. The van der Waals surface area contributed by atoms with Crippen LogP contribution in [0.5, 0.6) is 5.75 Å². The Morgan fingerprint density at radius 2 is 1.97 bits per heavy atom. The van der Waals surface area contributed by atoms with Crippen LogP contribution < -0.4 is 15.0 Å². The highest BCUT2D eigenvalue weighted by molar-refractivity contribution is 7.98. The number of rotatable bonds is 5. The summed E-state index contributed by atoms with van der Waals surface area (Å²) in [5.74, 6) is 0.818. The minimum Gasteiger partial charge on any atom is -0.490 e. The van der Waals surface area contributed by atoms with Gasteiger partial charge in [-0.3, -0.25) is 9.59 Å². The van der Waals surface area contributed by atoms with Crippen LogP contribution in [-0.2, 0) is 4.79 Å². The molecule has 2 aromatic carbocycles. The Kier molecular flexibility index (Phi) is 6.22. The molecule has 0 saturated carbocycles. The van der Waals surface area contributed by atoms with Crippen LogP contribution in [-0.4, -0.2) is 31.2 Å². The van der Waals surface area contributed by atoms with E-state index in [0.717, 1.165) is 10.6 Å². The molecule has 0 aliphatic carbocycles. The van der Waals surface area contributed by atoms with E-state index >= 15 is 0 Å². The maximum Gasteiger partial charge on any atom is 0.256 e. The summed E-state index contributed by atoms with van der Waals surface area (Å²) in [6.07, 6.45) is 1.95. The van der Waals surface area contributed by atoms with Crippen molar-refractivity contribution in [1.82, 2.24) is 0 Å². The second-order valence-electron chi connectivity index (χ2n) is 8.32. The van der Waals surface area contributed by atoms with Crippen molar-refractivity contribution in [2.24, 2.45) is 11.3 Å². The molecule has 154 valence electrons. The molecule has 5 nitrogen and oxygen atoms in total. The van der Waals surface area contributed by atoms with Crippen LogP contribution in [0.25, 0.3) is 0 Å². The first-order valence-electron chi connectivity index (χ1n) is 9.76. The number of carbonyl (C=O) groups excluding carboxylic acids is 2. The summed E-state index contributed by atoms with van der Waals surface area (Å²) in [4.78, 5) is 28.6. The molecule has 3 rings (SSSR count). The number of hydrogen-bond acceptors (Lipinski definition) is 4. The second-order valence-corrected chi connectivity index (χ2v) is 9.17. The van der Waals surface area contributed by atoms with E-state index in [0.29, 0.717) is 36.1 Å². The van der Waals surface area contributed by atoms with Crippen molar-refractivity contribution in [2.75, 3.05) is 29.6 Å². The van der Waals surface area contributed by atoms with Crippen LogP contribution in [0.4, 0.5) is 11.4 Å². The van der Waals surface area contributed by atoms with Gasteiger partial charge in [0.15, 0.2) is 0 Å². The van der Waals surface area contributed by atoms with Crippen LogP contribution in [0.3, 0.4) is 0 Å². The highest BCUT2D eigenvalue weighted by atomic mass is 32.2. The van der Waals surface area contributed by atoms with E-state index in [-0.39, 0.29) is 11.8 Å². The average molecular weight is 413 g/mol. The zero-order chi connectivity index (χ0) is 21.2. The molecular formula is C23H28N2O3S. The van der Waals surface area contributed by atoms with Crippen molar-refractivity contribution in [1.29, 1.82) is 0 Å². The van der Waals surface area contributed by atoms with E-state index < -0.39 is 5.41 Å². The Hall–Kier alpha value is -2.47. The number of anilines is 2. The summed E-state index contributed by atoms with van der Waals surface area (Å²) < 4.78 is 6.00. The summed E-state index contributed by atoms with van der Waals surface area (Å²) >= 11 is 1.54. The smallest absolute Gasteiger partial charge is 0.256 e. The zero-order valence-electron chi connectivity index (χ0n) is 17.6. The number of ether oxygens (including phenoxy) is 1. The van der Waals surface area contributed by atoms with Gasteiger partial charge < -0.3 is 15.0 Å². The maximum atomic E-state index is 13.1. The van der Waals surface area contributed by atoms with Gasteiger partial charge in [-0.1, -0.05) is 26.0 Å². The van der Waals surface area contributed by atoms with Crippen LogP contribution in [0.2, 0.25) is 0 Å². The summed E-state index contributed by atoms with van der Waals surface area (Å²) in [6, 6.07) is 13.0. The quantitative estimate of drug-likeness (QED) is 0.697. The Morgan fingerprint density at radius 1 is 1.24 bits per heavy atom. The number of carbonyl (C=O) groups is 2. The second kappa shape index (κ2) is 8.49. The van der Waals surface area contributed by atoms with E-state index in [9.17, 15) is 9.59 Å². The van der Waals surface area contributed by atoms with E-state index in [1.54, 1.807) is 6.07 Å². The third-order valence-electron chi connectivity index (χ3n) is 4.82. The zero-order valence-corrected chi connectivity index (χ0v) is 18.4. The first-order valence-corrected chi connectivity index (χ1v) is 11.0. The fraction of sp³-hybridized carbons (Fsp3) is 0.391. The topological polar surface area (TPSA) is 58.6 Å². The highest BCUT2D eigenvalue weighted by Gasteiger charge is 2.38. The number of thioether (sulfide) groups is 1. The summed E-state index contributed by atoms with van der Waals surface area (Å²) in [5.41, 5.74) is 1.40. The molecule has 1 N–H and O–H groups in total. The first-order chi connectivity index (χ1) is 13.7. The predicted molar refractivity (Wildman–Crippen MR) is 119 cm³/mol. The van der Waals surface area contributed by atoms with Gasteiger partial charge in [-0.05, 0) is 50.3 Å². The molecule has 0 fully saturated rings. The van der Waals surface area contributed by atoms with Gasteiger partial charge in [0.1, 0.15) is 12.4 Å². The third-order valence-corrected chi connectivity index (χ3v) is 5.62. The normalized spacial score (nSPS) is 15.5. The number of nitrogens with one attached hydrogen (secondary N) is 1. The molecule has 6 heteroatoms. The van der Waals surface area contributed by atoms with Crippen LogP contribution in [0, 0.1) is 11.3 Å². The highest BCUT2D eigenvalue weighted by Crippen LogP contribution is 2.38. The minimum atomic E-state index is -0.616. The fourth-order valence-corrected chi connectivity index (χ4v) is 3.90. The molecule has 0 atom stereocenters. The Morgan fingerprint density at radius 3 is 2.66 bits per heavy atom. The molecule has 0 aromatic heterocycles. The van der Waals surface area contributed by atoms with E-state index in [4.69, 9.17) is 4.74 Å². The average Bonchev–Trinajstić information content (AvgIpc) is 2.78. The molecular weight excluding hydrogens is 384 g/mol. The van der Waals surface area contributed by atoms with Crippen LogP contribution in [0.1, 0.15) is 38.1 Å². The lowest BCUT2D eigenvalue weighted by atomic mass is 9.92. The molecule has 0 bridgehead atoms. The molecule has 1 heterocycles. The number of amides is 2.